The molecule has 0 fully saturated rings. The largest absolute Gasteiger partial charge is 0.374 e. The van der Waals surface area contributed by atoms with Gasteiger partial charge in [-0.3, -0.25) is 4.79 Å². The van der Waals surface area contributed by atoms with Crippen molar-refractivity contribution >= 4 is 28.6 Å². The van der Waals surface area contributed by atoms with Crippen molar-refractivity contribution in [1.29, 1.82) is 0 Å². The van der Waals surface area contributed by atoms with Crippen LogP contribution in [0.3, 0.4) is 0 Å². The van der Waals surface area contributed by atoms with Gasteiger partial charge in [0.15, 0.2) is 0 Å². The smallest absolute Gasteiger partial charge is 0.287 e. The molecule has 0 bridgehead atoms. The van der Waals surface area contributed by atoms with Gasteiger partial charge in [-0.2, -0.15) is 5.10 Å². The molecule has 0 aliphatic heterocycles. The maximum absolute atomic E-state index is 12.1. The van der Waals surface area contributed by atoms with Gasteiger partial charge in [-0.05, 0) is 23.8 Å². The third kappa shape index (κ3) is 3.66. The van der Waals surface area contributed by atoms with Gasteiger partial charge < -0.3 is 5.32 Å². The molecular formula is C15H20ClN3OS. The first kappa shape index (κ1) is 16.0. The number of hydrogen-bond acceptors (Lipinski definition) is 4. The minimum Gasteiger partial charge on any atom is -0.374 e. The number of hydrogen-bond donors (Lipinski definition) is 1. The molecule has 1 atom stereocenters. The Morgan fingerprint density at radius 3 is 2.81 bits per heavy atom. The van der Waals surface area contributed by atoms with Crippen molar-refractivity contribution in [2.24, 2.45) is 5.92 Å². The van der Waals surface area contributed by atoms with Crippen molar-refractivity contribution in [2.75, 3.05) is 5.32 Å². The van der Waals surface area contributed by atoms with Crippen molar-refractivity contribution in [2.45, 2.75) is 39.8 Å². The predicted molar refractivity (Wildman–Crippen MR) is 89.3 cm³/mol. The molecule has 4 nitrogen and oxygen atoms in total. The summed E-state index contributed by atoms with van der Waals surface area (Å²) in [7, 11) is 0. The number of nitrogens with one attached hydrogen (secondary N) is 1. The van der Waals surface area contributed by atoms with Gasteiger partial charge in [0.2, 0.25) is 0 Å². The summed E-state index contributed by atoms with van der Waals surface area (Å²) in [6.45, 7) is 6.85. The highest BCUT2D eigenvalue weighted by Crippen LogP contribution is 2.31. The molecular weight excluding hydrogens is 306 g/mol. The molecule has 2 heterocycles. The lowest BCUT2D eigenvalue weighted by Crippen LogP contribution is -2.25. The van der Waals surface area contributed by atoms with Gasteiger partial charge in [-0.15, -0.1) is 11.3 Å². The van der Waals surface area contributed by atoms with Crippen LogP contribution in [0.4, 0.5) is 5.69 Å². The lowest BCUT2D eigenvalue weighted by atomic mass is 10.0. The molecule has 1 N–H and O–H groups in total. The number of anilines is 1. The van der Waals surface area contributed by atoms with E-state index >= 15 is 0 Å². The third-order valence-electron chi connectivity index (χ3n) is 3.25. The minimum absolute atomic E-state index is 0.116. The molecule has 0 saturated carbocycles. The van der Waals surface area contributed by atoms with E-state index in [2.05, 4.69) is 30.3 Å². The molecule has 0 saturated heterocycles. The summed E-state index contributed by atoms with van der Waals surface area (Å²) < 4.78 is 1.41. The summed E-state index contributed by atoms with van der Waals surface area (Å²) in [5.41, 5.74) is 0.360. The predicted octanol–water partition coefficient (Wildman–Crippen LogP) is 4.18. The second kappa shape index (κ2) is 7.09. The summed E-state index contributed by atoms with van der Waals surface area (Å²) >= 11 is 7.90. The quantitative estimate of drug-likeness (QED) is 0.866. The van der Waals surface area contributed by atoms with Crippen LogP contribution in [0.1, 0.15) is 38.1 Å². The van der Waals surface area contributed by atoms with E-state index < -0.39 is 0 Å². The number of aryl methyl sites for hydroxylation is 1. The van der Waals surface area contributed by atoms with Crippen LogP contribution in [-0.4, -0.2) is 9.78 Å². The molecule has 0 aromatic carbocycles. The fourth-order valence-corrected chi connectivity index (χ4v) is 3.29. The van der Waals surface area contributed by atoms with Crippen molar-refractivity contribution in [1.82, 2.24) is 9.78 Å². The molecule has 2 aromatic rings. The number of rotatable bonds is 6. The summed E-state index contributed by atoms with van der Waals surface area (Å²) in [6, 6.07) is 4.23. The maximum atomic E-state index is 12.1. The van der Waals surface area contributed by atoms with Crippen molar-refractivity contribution in [3.63, 3.8) is 0 Å². The van der Waals surface area contributed by atoms with Gasteiger partial charge >= 0.3 is 0 Å². The van der Waals surface area contributed by atoms with Gasteiger partial charge in [-0.1, -0.05) is 38.4 Å². The number of halogens is 1. The Bertz CT molecular complexity index is 637. The molecule has 6 heteroatoms. The Kier molecular flexibility index (Phi) is 5.42. The Morgan fingerprint density at radius 1 is 1.48 bits per heavy atom. The molecule has 2 rings (SSSR count). The average Bonchev–Trinajstić information content (AvgIpc) is 2.97. The van der Waals surface area contributed by atoms with E-state index in [1.165, 1.54) is 9.56 Å². The zero-order valence-corrected chi connectivity index (χ0v) is 14.0. The molecule has 0 aliphatic rings. The van der Waals surface area contributed by atoms with Crippen LogP contribution in [0.25, 0.3) is 0 Å². The molecule has 0 radical (unpaired) electrons. The second-order valence-electron chi connectivity index (χ2n) is 5.28. The number of thiophene rings is 1. The highest BCUT2D eigenvalue weighted by atomic mass is 35.5. The van der Waals surface area contributed by atoms with Crippen LogP contribution < -0.4 is 10.9 Å². The molecule has 0 spiro atoms. The van der Waals surface area contributed by atoms with Crippen LogP contribution >= 0.6 is 22.9 Å². The van der Waals surface area contributed by atoms with E-state index in [0.717, 1.165) is 6.42 Å². The van der Waals surface area contributed by atoms with Gasteiger partial charge in [0, 0.05) is 11.4 Å². The molecule has 21 heavy (non-hydrogen) atoms. The van der Waals surface area contributed by atoms with Gasteiger partial charge in [-0.25, -0.2) is 4.68 Å². The van der Waals surface area contributed by atoms with Crippen molar-refractivity contribution in [3.8, 4) is 0 Å². The summed E-state index contributed by atoms with van der Waals surface area (Å²) in [6.07, 6.45) is 2.49. The first-order chi connectivity index (χ1) is 10.0. The van der Waals surface area contributed by atoms with Crippen LogP contribution in [0.2, 0.25) is 5.02 Å². The van der Waals surface area contributed by atoms with Crippen molar-refractivity contribution < 1.29 is 0 Å². The minimum atomic E-state index is -0.239. The lowest BCUT2D eigenvalue weighted by Gasteiger charge is -2.23. The lowest BCUT2D eigenvalue weighted by molar-refractivity contribution is 0.547. The zero-order chi connectivity index (χ0) is 15.4. The Hall–Kier alpha value is -1.33. The van der Waals surface area contributed by atoms with Crippen molar-refractivity contribution in [3.05, 3.63) is 44.0 Å². The van der Waals surface area contributed by atoms with E-state index in [4.69, 9.17) is 11.6 Å². The van der Waals surface area contributed by atoms with Gasteiger partial charge in [0.25, 0.3) is 5.56 Å². The average molecular weight is 326 g/mol. The van der Waals surface area contributed by atoms with E-state index in [1.807, 2.05) is 18.4 Å². The third-order valence-corrected chi connectivity index (χ3v) is 4.57. The number of nitrogens with zero attached hydrogens (tertiary/aromatic N) is 2. The van der Waals surface area contributed by atoms with Gasteiger partial charge in [0.05, 0.1) is 17.9 Å². The summed E-state index contributed by atoms with van der Waals surface area (Å²) in [5.74, 6) is 0.373. The van der Waals surface area contributed by atoms with E-state index in [9.17, 15) is 4.79 Å². The summed E-state index contributed by atoms with van der Waals surface area (Å²) in [4.78, 5) is 13.4. The fraction of sp³-hybridized carbons (Fsp3) is 0.467. The van der Waals surface area contributed by atoms with Gasteiger partial charge in [0.1, 0.15) is 5.02 Å². The highest BCUT2D eigenvalue weighted by molar-refractivity contribution is 7.10. The SMILES string of the molecule is CCCn1ncc(NC(c2cccs2)C(C)C)c(Cl)c1=O. The molecule has 1 unspecified atom stereocenters. The molecule has 114 valence electrons. The normalized spacial score (nSPS) is 12.6. The van der Waals surface area contributed by atoms with Crippen LogP contribution in [-0.2, 0) is 6.54 Å². The second-order valence-corrected chi connectivity index (χ2v) is 6.64. The molecule has 0 amide bonds. The zero-order valence-electron chi connectivity index (χ0n) is 12.5. The standard InChI is InChI=1S/C15H20ClN3OS/c1-4-7-19-15(20)13(16)11(9-17-19)18-14(10(2)3)12-6-5-8-21-12/h5-6,8-10,14,18H,4,7H2,1-3H3. The van der Waals surface area contributed by atoms with Crippen LogP contribution in [0.5, 0.6) is 0 Å². The van der Waals surface area contributed by atoms with E-state index in [1.54, 1.807) is 17.5 Å². The Balaban J connectivity index is 2.30. The number of aromatic nitrogens is 2. The Labute approximate surface area is 133 Å². The maximum Gasteiger partial charge on any atom is 0.287 e. The highest BCUT2D eigenvalue weighted by Gasteiger charge is 2.19. The van der Waals surface area contributed by atoms with Crippen LogP contribution in [0.15, 0.2) is 28.5 Å². The topological polar surface area (TPSA) is 46.9 Å². The Morgan fingerprint density at radius 2 is 2.24 bits per heavy atom. The first-order valence-corrected chi connectivity index (χ1v) is 8.36. The van der Waals surface area contributed by atoms with Crippen LogP contribution in [0, 0.1) is 5.92 Å². The summed E-state index contributed by atoms with van der Waals surface area (Å²) in [5, 5.41) is 9.80. The molecule has 2 aromatic heterocycles. The monoisotopic (exact) mass is 325 g/mol. The van der Waals surface area contributed by atoms with E-state index in [-0.39, 0.29) is 16.6 Å². The fourth-order valence-electron chi connectivity index (χ4n) is 2.14. The first-order valence-electron chi connectivity index (χ1n) is 7.10. The molecule has 0 aliphatic carbocycles. The van der Waals surface area contributed by atoms with E-state index in [0.29, 0.717) is 18.2 Å².